The quantitative estimate of drug-likeness (QED) is 0.423. The molecule has 2 N–H and O–H groups in total. The number of methoxy groups -OCH3 is 1. The number of carbonyl (C=O) groups excluding carboxylic acids is 4. The standard InChI is InChI=1S/C28H29N3O6/c1-17(28(35)36-3)30-25(32)18(2)31-16-24-22(5-4-6-23(24)27(31)34)20-7-9-21(10-8-20)26(33)29-15-19-11-13-37-14-12-19/h4-10,19H,1-2,11-16H2,3H3,(H,29,33)(H,30,32). The van der Waals surface area contributed by atoms with Crippen LogP contribution in [0.25, 0.3) is 11.1 Å². The Balaban J connectivity index is 1.45. The number of esters is 1. The van der Waals surface area contributed by atoms with E-state index in [-0.39, 0.29) is 29.8 Å². The molecule has 0 aliphatic carbocycles. The normalized spacial score (nSPS) is 15.1. The third-order valence-electron chi connectivity index (χ3n) is 6.60. The molecule has 9 heteroatoms. The molecule has 9 nitrogen and oxygen atoms in total. The molecule has 4 rings (SSSR count). The van der Waals surface area contributed by atoms with Gasteiger partial charge in [0.15, 0.2) is 0 Å². The van der Waals surface area contributed by atoms with Crippen molar-refractivity contribution in [2.75, 3.05) is 26.9 Å². The predicted octanol–water partition coefficient (Wildman–Crippen LogP) is 2.78. The van der Waals surface area contributed by atoms with Crippen LogP contribution in [0.4, 0.5) is 0 Å². The van der Waals surface area contributed by atoms with Crippen molar-refractivity contribution in [1.29, 1.82) is 0 Å². The Labute approximate surface area is 215 Å². The minimum Gasteiger partial charge on any atom is -0.464 e. The van der Waals surface area contributed by atoms with Crippen molar-refractivity contribution in [3.05, 3.63) is 83.7 Å². The monoisotopic (exact) mass is 503 g/mol. The van der Waals surface area contributed by atoms with Gasteiger partial charge in [-0.2, -0.15) is 0 Å². The Bertz CT molecular complexity index is 1260. The summed E-state index contributed by atoms with van der Waals surface area (Å²) in [5.41, 5.74) is 3.03. The van der Waals surface area contributed by atoms with Crippen LogP contribution in [0.2, 0.25) is 0 Å². The number of hydrogen-bond acceptors (Lipinski definition) is 6. The molecule has 2 heterocycles. The van der Waals surface area contributed by atoms with Crippen molar-refractivity contribution >= 4 is 23.7 Å². The summed E-state index contributed by atoms with van der Waals surface area (Å²) in [4.78, 5) is 51.0. The average molecular weight is 504 g/mol. The molecule has 0 saturated carbocycles. The lowest BCUT2D eigenvalue weighted by Gasteiger charge is -2.22. The van der Waals surface area contributed by atoms with Crippen LogP contribution in [0, 0.1) is 5.92 Å². The van der Waals surface area contributed by atoms with E-state index in [1.807, 2.05) is 18.2 Å². The molecule has 1 fully saturated rings. The Morgan fingerprint density at radius 3 is 2.41 bits per heavy atom. The van der Waals surface area contributed by atoms with Crippen molar-refractivity contribution in [3.8, 4) is 11.1 Å². The molecule has 0 radical (unpaired) electrons. The minimum absolute atomic E-state index is 0.117. The number of hydrogen-bond donors (Lipinski definition) is 2. The molecule has 2 aliphatic heterocycles. The lowest BCUT2D eigenvalue weighted by molar-refractivity contribution is -0.137. The summed E-state index contributed by atoms with van der Waals surface area (Å²) >= 11 is 0. The highest BCUT2D eigenvalue weighted by atomic mass is 16.5. The van der Waals surface area contributed by atoms with Gasteiger partial charge in [-0.15, -0.1) is 0 Å². The SMILES string of the molecule is C=C(NC(=O)C(=C)N1Cc2c(cccc2-c2ccc(C(=O)NCC3CCOCC3)cc2)C1=O)C(=O)OC. The molecule has 0 bridgehead atoms. The molecular weight excluding hydrogens is 474 g/mol. The van der Waals surface area contributed by atoms with Gasteiger partial charge in [0.25, 0.3) is 17.7 Å². The van der Waals surface area contributed by atoms with Crippen LogP contribution in [0.3, 0.4) is 0 Å². The largest absolute Gasteiger partial charge is 0.464 e. The van der Waals surface area contributed by atoms with E-state index in [1.54, 1.807) is 24.3 Å². The summed E-state index contributed by atoms with van der Waals surface area (Å²) in [5, 5.41) is 5.30. The predicted molar refractivity (Wildman–Crippen MR) is 136 cm³/mol. The van der Waals surface area contributed by atoms with Gasteiger partial charge in [0, 0.05) is 30.9 Å². The minimum atomic E-state index is -0.791. The summed E-state index contributed by atoms with van der Waals surface area (Å²) in [7, 11) is 1.17. The summed E-state index contributed by atoms with van der Waals surface area (Å²) < 4.78 is 9.89. The third kappa shape index (κ3) is 5.62. The van der Waals surface area contributed by atoms with E-state index in [1.165, 1.54) is 12.0 Å². The molecule has 0 atom stereocenters. The van der Waals surface area contributed by atoms with Crippen LogP contribution < -0.4 is 10.6 Å². The topological polar surface area (TPSA) is 114 Å². The lowest BCUT2D eigenvalue weighted by atomic mass is 9.96. The highest BCUT2D eigenvalue weighted by molar-refractivity contribution is 6.08. The molecule has 0 unspecified atom stereocenters. The zero-order chi connectivity index (χ0) is 26.5. The number of rotatable bonds is 8. The van der Waals surface area contributed by atoms with Gasteiger partial charge in [-0.1, -0.05) is 37.4 Å². The Morgan fingerprint density at radius 1 is 1.05 bits per heavy atom. The number of carbonyl (C=O) groups is 4. The first-order valence-corrected chi connectivity index (χ1v) is 12.0. The second-order valence-corrected chi connectivity index (χ2v) is 8.94. The van der Waals surface area contributed by atoms with E-state index in [2.05, 4.69) is 28.5 Å². The van der Waals surface area contributed by atoms with Gasteiger partial charge in [0.2, 0.25) is 0 Å². The van der Waals surface area contributed by atoms with Crippen molar-refractivity contribution in [2.45, 2.75) is 19.4 Å². The first-order valence-electron chi connectivity index (χ1n) is 12.0. The Kier molecular flexibility index (Phi) is 7.83. The smallest absolute Gasteiger partial charge is 0.353 e. The van der Waals surface area contributed by atoms with Crippen LogP contribution in [-0.2, 0) is 25.6 Å². The molecule has 37 heavy (non-hydrogen) atoms. The molecule has 0 spiro atoms. The maximum absolute atomic E-state index is 13.1. The molecule has 2 aromatic rings. The van der Waals surface area contributed by atoms with Gasteiger partial charge in [0.05, 0.1) is 13.7 Å². The van der Waals surface area contributed by atoms with E-state index in [0.717, 1.165) is 42.7 Å². The molecule has 2 aromatic carbocycles. The van der Waals surface area contributed by atoms with Gasteiger partial charge in [-0.3, -0.25) is 19.3 Å². The molecule has 3 amide bonds. The molecular formula is C28H29N3O6. The third-order valence-corrected chi connectivity index (χ3v) is 6.60. The van der Waals surface area contributed by atoms with Gasteiger partial charge in [-0.25, -0.2) is 4.79 Å². The van der Waals surface area contributed by atoms with Crippen LogP contribution in [-0.4, -0.2) is 55.5 Å². The summed E-state index contributed by atoms with van der Waals surface area (Å²) in [6, 6.07) is 12.5. The zero-order valence-corrected chi connectivity index (χ0v) is 20.7. The van der Waals surface area contributed by atoms with Crippen LogP contribution in [0.5, 0.6) is 0 Å². The Morgan fingerprint density at radius 2 is 1.73 bits per heavy atom. The van der Waals surface area contributed by atoms with E-state index in [9.17, 15) is 19.2 Å². The van der Waals surface area contributed by atoms with Crippen LogP contribution in [0.15, 0.2) is 67.0 Å². The summed E-state index contributed by atoms with van der Waals surface area (Å²) in [6.07, 6.45) is 1.89. The van der Waals surface area contributed by atoms with Crippen LogP contribution >= 0.6 is 0 Å². The van der Waals surface area contributed by atoms with Gasteiger partial charge in [0.1, 0.15) is 11.4 Å². The summed E-state index contributed by atoms with van der Waals surface area (Å²) in [5.74, 6) is -1.59. The van der Waals surface area contributed by atoms with Crippen LogP contribution in [0.1, 0.15) is 39.1 Å². The number of benzene rings is 2. The van der Waals surface area contributed by atoms with Crippen molar-refractivity contribution < 1.29 is 28.7 Å². The highest BCUT2D eigenvalue weighted by Crippen LogP contribution is 2.34. The van der Waals surface area contributed by atoms with Crippen molar-refractivity contribution in [1.82, 2.24) is 15.5 Å². The first kappa shape index (κ1) is 25.8. The number of fused-ring (bicyclic) bond motifs is 1. The second-order valence-electron chi connectivity index (χ2n) is 8.94. The number of nitrogens with one attached hydrogen (secondary N) is 2. The van der Waals surface area contributed by atoms with E-state index in [0.29, 0.717) is 23.6 Å². The molecule has 2 aliphatic rings. The number of nitrogens with zero attached hydrogens (tertiary/aromatic N) is 1. The molecule has 1 saturated heterocycles. The van der Waals surface area contributed by atoms with Crippen molar-refractivity contribution in [2.24, 2.45) is 5.92 Å². The number of ether oxygens (including phenoxy) is 2. The fourth-order valence-corrected chi connectivity index (χ4v) is 4.42. The fourth-order valence-electron chi connectivity index (χ4n) is 4.42. The highest BCUT2D eigenvalue weighted by Gasteiger charge is 2.33. The fraction of sp³-hybridized carbons (Fsp3) is 0.286. The van der Waals surface area contributed by atoms with E-state index >= 15 is 0 Å². The molecule has 192 valence electrons. The zero-order valence-electron chi connectivity index (χ0n) is 20.7. The maximum Gasteiger partial charge on any atom is 0.353 e. The molecule has 0 aromatic heterocycles. The van der Waals surface area contributed by atoms with Gasteiger partial charge >= 0.3 is 5.97 Å². The number of amides is 3. The van der Waals surface area contributed by atoms with Crippen molar-refractivity contribution in [3.63, 3.8) is 0 Å². The summed E-state index contributed by atoms with van der Waals surface area (Å²) in [6.45, 7) is 9.42. The average Bonchev–Trinajstić information content (AvgIpc) is 3.27. The Hall–Kier alpha value is -4.24. The van der Waals surface area contributed by atoms with Gasteiger partial charge < -0.3 is 20.1 Å². The first-order chi connectivity index (χ1) is 17.8. The maximum atomic E-state index is 13.1. The van der Waals surface area contributed by atoms with Gasteiger partial charge in [-0.05, 0) is 53.6 Å². The lowest BCUT2D eigenvalue weighted by Crippen LogP contribution is -2.36. The van der Waals surface area contributed by atoms with E-state index in [4.69, 9.17) is 4.74 Å². The van der Waals surface area contributed by atoms with E-state index < -0.39 is 11.9 Å². The second kappa shape index (κ2) is 11.2.